The number of nitrogens with one attached hydrogen (secondary N) is 1. The molecule has 1 heterocycles. The molecule has 0 saturated carbocycles. The van der Waals surface area contributed by atoms with Crippen LogP contribution in [-0.2, 0) is 0 Å². The van der Waals surface area contributed by atoms with Gasteiger partial charge in [0.15, 0.2) is 0 Å². The van der Waals surface area contributed by atoms with Crippen molar-refractivity contribution >= 4 is 17.0 Å². The monoisotopic (exact) mass is 289 g/mol. The fourth-order valence-electron chi connectivity index (χ4n) is 1.99. The number of anilines is 1. The van der Waals surface area contributed by atoms with E-state index in [1.807, 2.05) is 0 Å². The van der Waals surface area contributed by atoms with Gasteiger partial charge in [0.25, 0.3) is 0 Å². The van der Waals surface area contributed by atoms with Crippen LogP contribution in [0.4, 0.5) is 5.69 Å². The lowest BCUT2D eigenvalue weighted by Gasteiger charge is -2.12. The fraction of sp³-hybridized carbons (Fsp3) is 0.438. The second kappa shape index (κ2) is 6.86. The number of hydrogen-bond acceptors (Lipinski definition) is 4. The molecule has 3 nitrogen and oxygen atoms in total. The van der Waals surface area contributed by atoms with Crippen molar-refractivity contribution in [3.8, 4) is 10.6 Å². The predicted molar refractivity (Wildman–Crippen MR) is 88.6 cm³/mol. The van der Waals surface area contributed by atoms with Crippen molar-refractivity contribution in [3.05, 3.63) is 35.3 Å². The average molecular weight is 289 g/mol. The van der Waals surface area contributed by atoms with Crippen LogP contribution in [0.2, 0.25) is 0 Å². The van der Waals surface area contributed by atoms with E-state index in [0.29, 0.717) is 6.04 Å². The van der Waals surface area contributed by atoms with E-state index >= 15 is 0 Å². The first-order valence-corrected chi connectivity index (χ1v) is 7.96. The first kappa shape index (κ1) is 15.0. The van der Waals surface area contributed by atoms with Gasteiger partial charge < -0.3 is 10.2 Å². The van der Waals surface area contributed by atoms with E-state index in [9.17, 15) is 0 Å². The number of aromatic nitrogens is 1. The molecule has 1 atom stereocenters. The van der Waals surface area contributed by atoms with Gasteiger partial charge in [0.05, 0.1) is 5.69 Å². The molecule has 0 saturated heterocycles. The minimum atomic E-state index is 0.320. The van der Waals surface area contributed by atoms with Gasteiger partial charge in [-0.05, 0) is 44.2 Å². The van der Waals surface area contributed by atoms with Gasteiger partial charge in [-0.1, -0.05) is 6.92 Å². The summed E-state index contributed by atoms with van der Waals surface area (Å²) in [4.78, 5) is 6.86. The predicted octanol–water partition coefficient (Wildman–Crippen LogP) is 3.94. The van der Waals surface area contributed by atoms with Crippen LogP contribution < -0.4 is 10.2 Å². The lowest BCUT2D eigenvalue weighted by Crippen LogP contribution is -2.19. The average Bonchev–Trinajstić information content (AvgIpc) is 2.94. The highest BCUT2D eigenvalue weighted by Gasteiger charge is 2.10. The van der Waals surface area contributed by atoms with Gasteiger partial charge in [0.2, 0.25) is 0 Å². The van der Waals surface area contributed by atoms with Gasteiger partial charge in [-0.25, -0.2) is 4.98 Å². The number of thiazole rings is 1. The molecule has 1 aromatic heterocycles. The SMILES string of the molecule is CCCNC(C)c1csc(-c2ccc(N(C)C)cc2)n1. The van der Waals surface area contributed by atoms with E-state index in [1.54, 1.807) is 11.3 Å². The van der Waals surface area contributed by atoms with Gasteiger partial charge >= 0.3 is 0 Å². The van der Waals surface area contributed by atoms with E-state index in [1.165, 1.54) is 11.3 Å². The molecule has 2 rings (SSSR count). The zero-order valence-corrected chi connectivity index (χ0v) is 13.5. The molecule has 0 aliphatic carbocycles. The summed E-state index contributed by atoms with van der Waals surface area (Å²) in [5.74, 6) is 0. The van der Waals surface area contributed by atoms with Gasteiger partial charge in [0, 0.05) is 36.8 Å². The molecule has 1 aromatic carbocycles. The Balaban J connectivity index is 2.11. The zero-order chi connectivity index (χ0) is 14.5. The molecule has 20 heavy (non-hydrogen) atoms. The summed E-state index contributed by atoms with van der Waals surface area (Å²) in [6, 6.07) is 8.87. The van der Waals surface area contributed by atoms with Crippen molar-refractivity contribution in [1.82, 2.24) is 10.3 Å². The Bertz CT molecular complexity index is 531. The van der Waals surface area contributed by atoms with E-state index in [-0.39, 0.29) is 0 Å². The molecule has 0 radical (unpaired) electrons. The van der Waals surface area contributed by atoms with Crippen LogP contribution >= 0.6 is 11.3 Å². The first-order valence-electron chi connectivity index (χ1n) is 7.08. The molecule has 0 bridgehead atoms. The summed E-state index contributed by atoms with van der Waals surface area (Å²) >= 11 is 1.71. The van der Waals surface area contributed by atoms with E-state index in [4.69, 9.17) is 4.98 Å². The number of rotatable bonds is 6. The highest BCUT2D eigenvalue weighted by Crippen LogP contribution is 2.27. The molecular weight excluding hydrogens is 266 g/mol. The standard InChI is InChI=1S/C16H23N3S/c1-5-10-17-12(2)15-11-20-16(18-15)13-6-8-14(9-7-13)19(3)4/h6-9,11-12,17H,5,10H2,1-4H3. The smallest absolute Gasteiger partial charge is 0.123 e. The number of hydrogen-bond donors (Lipinski definition) is 1. The Kier molecular flexibility index (Phi) is 5.15. The maximum absolute atomic E-state index is 4.75. The topological polar surface area (TPSA) is 28.2 Å². The summed E-state index contributed by atoms with van der Waals surface area (Å²) in [6.45, 7) is 5.38. The number of benzene rings is 1. The molecule has 0 fully saturated rings. The highest BCUT2D eigenvalue weighted by atomic mass is 32.1. The molecule has 0 amide bonds. The van der Waals surface area contributed by atoms with E-state index in [0.717, 1.165) is 23.7 Å². The Labute approximate surface area is 125 Å². The van der Waals surface area contributed by atoms with E-state index in [2.05, 4.69) is 67.8 Å². The lowest BCUT2D eigenvalue weighted by molar-refractivity contribution is 0.561. The van der Waals surface area contributed by atoms with Crippen LogP contribution in [0.15, 0.2) is 29.6 Å². The minimum absolute atomic E-state index is 0.320. The van der Waals surface area contributed by atoms with E-state index < -0.39 is 0 Å². The van der Waals surface area contributed by atoms with Crippen molar-refractivity contribution in [3.63, 3.8) is 0 Å². The van der Waals surface area contributed by atoms with Gasteiger partial charge in [-0.3, -0.25) is 0 Å². The molecule has 108 valence electrons. The molecule has 2 aromatic rings. The minimum Gasteiger partial charge on any atom is -0.378 e. The van der Waals surface area contributed by atoms with Crippen molar-refractivity contribution in [2.75, 3.05) is 25.5 Å². The second-order valence-corrected chi connectivity index (χ2v) is 6.05. The van der Waals surface area contributed by atoms with Gasteiger partial charge in [-0.2, -0.15) is 0 Å². The maximum atomic E-state index is 4.75. The zero-order valence-electron chi connectivity index (χ0n) is 12.7. The van der Waals surface area contributed by atoms with Crippen molar-refractivity contribution in [2.45, 2.75) is 26.3 Å². The second-order valence-electron chi connectivity index (χ2n) is 5.19. The molecule has 1 unspecified atom stereocenters. The van der Waals surface area contributed by atoms with Crippen LogP contribution in [0.5, 0.6) is 0 Å². The molecule has 0 aliphatic rings. The van der Waals surface area contributed by atoms with Gasteiger partial charge in [-0.15, -0.1) is 11.3 Å². The highest BCUT2D eigenvalue weighted by molar-refractivity contribution is 7.13. The third-order valence-electron chi connectivity index (χ3n) is 3.30. The Morgan fingerprint density at radius 1 is 1.25 bits per heavy atom. The molecular formula is C16H23N3S. The van der Waals surface area contributed by atoms with Crippen LogP contribution in [0.3, 0.4) is 0 Å². The summed E-state index contributed by atoms with van der Waals surface area (Å²) < 4.78 is 0. The molecule has 0 aliphatic heterocycles. The summed E-state index contributed by atoms with van der Waals surface area (Å²) in [5.41, 5.74) is 3.54. The summed E-state index contributed by atoms with van der Waals surface area (Å²) in [7, 11) is 4.11. The van der Waals surface area contributed by atoms with Crippen molar-refractivity contribution < 1.29 is 0 Å². The summed E-state index contributed by atoms with van der Waals surface area (Å²) in [6.07, 6.45) is 1.15. The third-order valence-corrected chi connectivity index (χ3v) is 4.21. The van der Waals surface area contributed by atoms with Crippen LogP contribution in [0.25, 0.3) is 10.6 Å². The molecule has 0 spiro atoms. The third kappa shape index (κ3) is 3.58. The Hall–Kier alpha value is -1.39. The normalized spacial score (nSPS) is 12.4. The van der Waals surface area contributed by atoms with Crippen LogP contribution in [-0.4, -0.2) is 25.6 Å². The van der Waals surface area contributed by atoms with Crippen molar-refractivity contribution in [1.29, 1.82) is 0 Å². The molecule has 4 heteroatoms. The van der Waals surface area contributed by atoms with Gasteiger partial charge in [0.1, 0.15) is 5.01 Å². The van der Waals surface area contributed by atoms with Crippen molar-refractivity contribution in [2.24, 2.45) is 0 Å². The lowest BCUT2D eigenvalue weighted by atomic mass is 10.2. The van der Waals surface area contributed by atoms with Crippen LogP contribution in [0.1, 0.15) is 32.0 Å². The molecule has 1 N–H and O–H groups in total. The fourth-order valence-corrected chi connectivity index (χ4v) is 2.90. The maximum Gasteiger partial charge on any atom is 0.123 e. The Morgan fingerprint density at radius 3 is 2.55 bits per heavy atom. The quantitative estimate of drug-likeness (QED) is 0.873. The number of nitrogens with zero attached hydrogens (tertiary/aromatic N) is 2. The first-order chi connectivity index (χ1) is 9.61. The largest absolute Gasteiger partial charge is 0.378 e. The summed E-state index contributed by atoms with van der Waals surface area (Å²) in [5, 5.41) is 6.72. The Morgan fingerprint density at radius 2 is 1.95 bits per heavy atom. The van der Waals surface area contributed by atoms with Crippen LogP contribution in [0, 0.1) is 0 Å².